The number of hydrogen-bond acceptors (Lipinski definition) is 14. The smallest absolute Gasteiger partial charge is 0.456 e. The number of furan rings is 3. The zero-order valence-electron chi connectivity index (χ0n) is 69.3. The Morgan fingerprint density at radius 1 is 0.269 bits per heavy atom. The van der Waals surface area contributed by atoms with Crippen LogP contribution in [0.5, 0.6) is 17.2 Å². The summed E-state index contributed by atoms with van der Waals surface area (Å²) in [5, 5.41) is 3.29. The minimum Gasteiger partial charge on any atom is -0.456 e. The minimum absolute atomic E-state index is 0.282. The van der Waals surface area contributed by atoms with E-state index >= 15 is 0 Å². The fourth-order valence-corrected chi connectivity index (χ4v) is 13.4. The summed E-state index contributed by atoms with van der Waals surface area (Å²) in [6, 6.07) is 90.3. The average molecular weight is 1570 g/mol. The summed E-state index contributed by atoms with van der Waals surface area (Å²) in [5.74, 6) is 22.8. The van der Waals surface area contributed by atoms with Crippen LogP contribution in [0.15, 0.2) is 286 Å². The second-order valence-electron chi connectivity index (χ2n) is 32.4. The molecule has 15 rings (SSSR count). The third-order valence-electron chi connectivity index (χ3n) is 18.7. The predicted molar refractivity (Wildman–Crippen MR) is 474 cm³/mol. The fourth-order valence-electron chi connectivity index (χ4n) is 13.4. The van der Waals surface area contributed by atoms with Crippen molar-refractivity contribution in [3.8, 4) is 86.7 Å². The van der Waals surface area contributed by atoms with E-state index < -0.39 is 35.3 Å². The molecule has 3 heterocycles. The highest BCUT2D eigenvalue weighted by atomic mass is 16.7. The molecule has 0 aliphatic rings. The molecule has 0 aliphatic heterocycles. The molecule has 0 radical (unpaired) electrons. The summed E-state index contributed by atoms with van der Waals surface area (Å²) in [7, 11) is 0. The van der Waals surface area contributed by atoms with Gasteiger partial charge in [-0.05, 0) is 303 Å². The van der Waals surface area contributed by atoms with Crippen molar-refractivity contribution >= 4 is 85.5 Å². The Kier molecular flexibility index (Phi) is 23.4. The van der Waals surface area contributed by atoms with Crippen LogP contribution in [0, 0.1) is 77.1 Å². The van der Waals surface area contributed by atoms with Gasteiger partial charge in [0.2, 0.25) is 0 Å². The summed E-state index contributed by atoms with van der Waals surface area (Å²) in [6.45, 7) is 28.1. The van der Waals surface area contributed by atoms with E-state index in [4.69, 9.17) is 41.7 Å². The Hall–Kier alpha value is -14.7. The van der Waals surface area contributed by atoms with Crippen molar-refractivity contribution in [2.24, 2.45) is 0 Å². The topological polar surface area (TPSA) is 152 Å². The van der Waals surface area contributed by atoms with E-state index in [1.807, 2.05) is 148 Å². The Balaban J connectivity index is 0.000000206. The number of carbonyl (C=O) groups is 3. The first-order valence-electron chi connectivity index (χ1n) is 39.2. The van der Waals surface area contributed by atoms with E-state index in [0.717, 1.165) is 118 Å². The number of carbonyl (C=O) groups excluding carboxylic acids is 3. The maximum atomic E-state index is 12.7. The van der Waals surface area contributed by atoms with Crippen molar-refractivity contribution in [1.82, 2.24) is 0 Å². The van der Waals surface area contributed by atoms with Gasteiger partial charge in [0.15, 0.2) is 0 Å². The molecule has 0 fully saturated rings. The average Bonchev–Trinajstić information content (AvgIpc) is 1.76. The highest BCUT2D eigenvalue weighted by molar-refractivity contribution is 5.90. The van der Waals surface area contributed by atoms with E-state index in [0.29, 0.717) is 33.4 Å². The summed E-state index contributed by atoms with van der Waals surface area (Å²) in [4.78, 5) is 42.3. The van der Waals surface area contributed by atoms with Crippen molar-refractivity contribution in [2.75, 3.05) is 9.80 Å². The lowest BCUT2D eigenvalue weighted by Crippen LogP contribution is -2.26. The van der Waals surface area contributed by atoms with Crippen LogP contribution in [-0.4, -0.2) is 35.3 Å². The van der Waals surface area contributed by atoms with E-state index in [1.54, 1.807) is 80.5 Å². The molecular weight excluding hydrogens is 1480 g/mol. The standard InChI is InChI=1S/C60H57NO9.C45H33NO3/c1-40-22-31-52(65-55(62)68-58(4,5)6)46(34-40)28-25-43-16-13-19-49(37-43)61(50-20-14-17-44(38-50)26-29-47-35-41(2)23-32-53(47)66-56(63)69-59(7,8)9)51-21-15-18-45(39-51)27-30-48-36-42(3)24-33-54(48)67-57(64)70-60(10,11)12;1-28-13-16-40-34(19-28)25-43(47-40)31-7-4-10-37(22-31)46(38-11-5-8-32(23-38)44-26-35-20-29(2)14-17-41(35)48-44)39-12-6-9-33(24-39)45-27-36-21-30(3)15-18-42(36)49-45/h13-24,31-39H,1-12H3;4-27H,1-3H3. The molecule has 0 unspecified atom stereocenters. The molecule has 592 valence electrons. The molecule has 119 heavy (non-hydrogen) atoms. The quantitative estimate of drug-likeness (QED) is 0.0493. The lowest BCUT2D eigenvalue weighted by atomic mass is 10.1. The fraction of sp³-hybridized carbons (Fsp3) is 0.171. The Labute approximate surface area is 694 Å². The molecule has 0 N–H and O–H groups in total. The molecular formula is C105H90N2O12. The summed E-state index contributed by atoms with van der Waals surface area (Å²) < 4.78 is 52.1. The van der Waals surface area contributed by atoms with E-state index in [-0.39, 0.29) is 17.2 Å². The van der Waals surface area contributed by atoms with Gasteiger partial charge in [-0.2, -0.15) is 0 Å². The van der Waals surface area contributed by atoms with E-state index in [9.17, 15) is 14.4 Å². The molecule has 14 heteroatoms. The largest absolute Gasteiger partial charge is 0.514 e. The van der Waals surface area contributed by atoms with Crippen LogP contribution in [-0.2, 0) is 14.2 Å². The van der Waals surface area contributed by atoms with Crippen LogP contribution >= 0.6 is 0 Å². The molecule has 0 bridgehead atoms. The van der Waals surface area contributed by atoms with Crippen molar-refractivity contribution in [1.29, 1.82) is 0 Å². The molecule has 3 aromatic heterocycles. The number of ether oxygens (including phenoxy) is 6. The zero-order valence-corrected chi connectivity index (χ0v) is 69.3. The lowest BCUT2D eigenvalue weighted by molar-refractivity contribution is 0.0192. The maximum Gasteiger partial charge on any atom is 0.514 e. The van der Waals surface area contributed by atoms with Crippen LogP contribution in [0.4, 0.5) is 48.5 Å². The number of fused-ring (bicyclic) bond motifs is 3. The molecule has 0 amide bonds. The molecule has 15 aromatic rings. The third kappa shape index (κ3) is 20.9. The van der Waals surface area contributed by atoms with Crippen molar-refractivity contribution in [2.45, 2.75) is 121 Å². The maximum absolute atomic E-state index is 12.7. The summed E-state index contributed by atoms with van der Waals surface area (Å²) in [5.41, 5.74) is 18.9. The zero-order chi connectivity index (χ0) is 83.9. The number of rotatable bonds is 12. The van der Waals surface area contributed by atoms with Gasteiger partial charge in [-0.25, -0.2) is 14.4 Å². The first-order chi connectivity index (χ1) is 56.9. The SMILES string of the molecule is Cc1ccc(OC(=O)OC(C)(C)C)c(C#Cc2cccc(N(c3cccc(C#Cc4cc(C)ccc4OC(=O)OC(C)(C)C)c3)c3cccc(C#Cc4cc(C)ccc4OC(=O)OC(C)(C)C)c3)c2)c1.Cc1ccc2oc(-c3cccc(N(c4cccc(-c5cc6cc(C)ccc6o5)c4)c4cccc(-c5cc6cc(C)ccc6o5)c4)c3)cc2c1. The number of anilines is 6. The number of aryl methyl sites for hydroxylation is 6. The summed E-state index contributed by atoms with van der Waals surface area (Å²) >= 11 is 0. The normalized spacial score (nSPS) is 11.2. The van der Waals surface area contributed by atoms with Gasteiger partial charge < -0.3 is 51.5 Å². The minimum atomic E-state index is -0.821. The summed E-state index contributed by atoms with van der Waals surface area (Å²) in [6.07, 6.45) is -2.46. The van der Waals surface area contributed by atoms with Crippen molar-refractivity contribution < 1.29 is 56.1 Å². The van der Waals surface area contributed by atoms with Crippen molar-refractivity contribution in [3.05, 3.63) is 340 Å². The second kappa shape index (κ2) is 34.4. The Bertz CT molecular complexity index is 5960. The molecule has 0 aliphatic carbocycles. The molecule has 12 aromatic carbocycles. The van der Waals surface area contributed by atoms with Crippen LogP contribution in [0.1, 0.15) is 129 Å². The van der Waals surface area contributed by atoms with Gasteiger partial charge >= 0.3 is 18.5 Å². The molecule has 0 spiro atoms. The Morgan fingerprint density at radius 2 is 0.513 bits per heavy atom. The highest BCUT2D eigenvalue weighted by Gasteiger charge is 2.25. The first kappa shape index (κ1) is 80.9. The second-order valence-corrected chi connectivity index (χ2v) is 32.4. The van der Waals surface area contributed by atoms with Gasteiger partial charge in [-0.3, -0.25) is 0 Å². The number of nitrogens with zero attached hydrogens (tertiary/aromatic N) is 2. The van der Waals surface area contributed by atoms with E-state index in [1.165, 1.54) is 16.7 Å². The van der Waals surface area contributed by atoms with Crippen LogP contribution in [0.25, 0.3) is 66.9 Å². The first-order valence-corrected chi connectivity index (χ1v) is 39.2. The third-order valence-corrected chi connectivity index (χ3v) is 18.7. The van der Waals surface area contributed by atoms with Gasteiger partial charge in [-0.1, -0.05) is 143 Å². The van der Waals surface area contributed by atoms with Gasteiger partial charge in [0.25, 0.3) is 0 Å². The van der Waals surface area contributed by atoms with E-state index in [2.05, 4.69) is 193 Å². The monoisotopic (exact) mass is 1570 g/mol. The molecule has 0 saturated carbocycles. The number of hydrogen-bond donors (Lipinski definition) is 0. The molecule has 0 atom stereocenters. The van der Waals surface area contributed by atoms with Crippen LogP contribution < -0.4 is 24.0 Å². The van der Waals surface area contributed by atoms with Crippen LogP contribution in [0.2, 0.25) is 0 Å². The lowest BCUT2D eigenvalue weighted by Gasteiger charge is -2.26. The Morgan fingerprint density at radius 3 is 0.782 bits per heavy atom. The van der Waals surface area contributed by atoms with Crippen LogP contribution in [0.3, 0.4) is 0 Å². The molecule has 0 saturated heterocycles. The van der Waals surface area contributed by atoms with Gasteiger partial charge in [0.1, 0.15) is 68.1 Å². The van der Waals surface area contributed by atoms with Gasteiger partial charge in [0, 0.05) is 83.7 Å². The number of benzene rings is 12. The molecule has 14 nitrogen and oxygen atoms in total. The van der Waals surface area contributed by atoms with Crippen molar-refractivity contribution in [3.63, 3.8) is 0 Å². The van der Waals surface area contributed by atoms with Gasteiger partial charge in [0.05, 0.1) is 16.7 Å². The van der Waals surface area contributed by atoms with Gasteiger partial charge in [-0.15, -0.1) is 0 Å². The highest BCUT2D eigenvalue weighted by Crippen LogP contribution is 2.43. The predicted octanol–water partition coefficient (Wildman–Crippen LogP) is 27.5.